The summed E-state index contributed by atoms with van der Waals surface area (Å²) in [6.07, 6.45) is 5.27. The first-order valence-corrected chi connectivity index (χ1v) is 7.29. The summed E-state index contributed by atoms with van der Waals surface area (Å²) in [4.78, 5) is 30.0. The smallest absolute Gasteiger partial charge is 0.290 e. The number of hydrogen-bond donors (Lipinski definition) is 1. The Bertz CT molecular complexity index is 566. The van der Waals surface area contributed by atoms with Crippen molar-refractivity contribution in [3.05, 3.63) is 41.4 Å². The topological polar surface area (TPSA) is 70.5 Å². The highest BCUT2D eigenvalue weighted by atomic mass is 16.3. The fraction of sp³-hybridized carbons (Fsp3) is 0.438. The molecule has 0 aromatic carbocycles. The van der Waals surface area contributed by atoms with E-state index in [2.05, 4.69) is 4.98 Å². The van der Waals surface area contributed by atoms with E-state index in [4.69, 9.17) is 0 Å². The van der Waals surface area contributed by atoms with Crippen molar-refractivity contribution in [1.29, 1.82) is 0 Å². The Kier molecular flexibility index (Phi) is 4.73. The van der Waals surface area contributed by atoms with E-state index in [0.29, 0.717) is 6.54 Å². The number of pyridine rings is 1. The Hall–Kier alpha value is -2.17. The van der Waals surface area contributed by atoms with E-state index in [1.165, 1.54) is 0 Å². The Labute approximate surface area is 124 Å². The molecule has 21 heavy (non-hydrogen) atoms. The zero-order chi connectivity index (χ0) is 15.4. The molecule has 2 rings (SSSR count). The number of carbonyl (C=O) groups is 2. The molecule has 5 nitrogen and oxygen atoms in total. The van der Waals surface area contributed by atoms with Gasteiger partial charge in [-0.2, -0.15) is 0 Å². The van der Waals surface area contributed by atoms with Crippen molar-refractivity contribution in [3.63, 3.8) is 0 Å². The molecule has 112 valence electrons. The van der Waals surface area contributed by atoms with E-state index in [0.717, 1.165) is 18.4 Å². The molecular weight excluding hydrogens is 268 g/mol. The minimum Gasteiger partial charge on any atom is -0.503 e. The van der Waals surface area contributed by atoms with Crippen molar-refractivity contribution in [2.45, 2.75) is 39.2 Å². The molecule has 1 N–H and O–H groups in total. The summed E-state index contributed by atoms with van der Waals surface area (Å²) in [5.41, 5.74) is 1.01. The molecule has 1 aromatic rings. The van der Waals surface area contributed by atoms with Gasteiger partial charge >= 0.3 is 0 Å². The van der Waals surface area contributed by atoms with Crippen LogP contribution in [0.2, 0.25) is 0 Å². The lowest BCUT2D eigenvalue weighted by Gasteiger charge is -2.26. The largest absolute Gasteiger partial charge is 0.503 e. The third kappa shape index (κ3) is 2.82. The number of unbranched alkanes of at least 4 members (excludes halogenated alkanes) is 1. The van der Waals surface area contributed by atoms with Gasteiger partial charge in [0.1, 0.15) is 0 Å². The summed E-state index contributed by atoms with van der Waals surface area (Å²) in [5, 5.41) is 10.1. The first kappa shape index (κ1) is 15.2. The van der Waals surface area contributed by atoms with Crippen molar-refractivity contribution in [1.82, 2.24) is 9.88 Å². The first-order valence-electron chi connectivity index (χ1n) is 7.29. The van der Waals surface area contributed by atoms with Crippen molar-refractivity contribution in [2.24, 2.45) is 0 Å². The second kappa shape index (κ2) is 6.52. The summed E-state index contributed by atoms with van der Waals surface area (Å²) < 4.78 is 0. The molecule has 5 heteroatoms. The van der Waals surface area contributed by atoms with Crippen LogP contribution in [0, 0.1) is 0 Å². The van der Waals surface area contributed by atoms with Crippen LogP contribution in [-0.2, 0) is 9.59 Å². The summed E-state index contributed by atoms with van der Waals surface area (Å²) in [7, 11) is 0. The number of nitrogens with zero attached hydrogens (tertiary/aromatic N) is 2. The number of aliphatic hydroxyl groups excluding tert-OH is 1. The number of hydrogen-bond acceptors (Lipinski definition) is 4. The van der Waals surface area contributed by atoms with Crippen LogP contribution in [0.3, 0.4) is 0 Å². The maximum atomic E-state index is 12.3. The zero-order valence-corrected chi connectivity index (χ0v) is 12.4. The molecule has 0 saturated carbocycles. The van der Waals surface area contributed by atoms with Crippen molar-refractivity contribution < 1.29 is 14.7 Å². The standard InChI is InChI=1S/C16H20N2O3/c1-3-5-10-18-14(11-6-8-17-9-7-11)13(12(19)4-2)15(20)16(18)21/h6-9,14,20H,3-5,10H2,1-2H3. The van der Waals surface area contributed by atoms with Gasteiger partial charge in [-0.05, 0) is 24.1 Å². The van der Waals surface area contributed by atoms with Gasteiger partial charge in [-0.3, -0.25) is 14.6 Å². The van der Waals surface area contributed by atoms with E-state index in [9.17, 15) is 14.7 Å². The average Bonchev–Trinajstić information content (AvgIpc) is 2.77. The fourth-order valence-corrected chi connectivity index (χ4v) is 2.58. The molecule has 1 aliphatic rings. The second-order valence-corrected chi connectivity index (χ2v) is 5.07. The molecule has 0 spiro atoms. The van der Waals surface area contributed by atoms with Crippen molar-refractivity contribution in [3.8, 4) is 0 Å². The molecule has 0 saturated heterocycles. The van der Waals surface area contributed by atoms with Crippen LogP contribution in [0.25, 0.3) is 0 Å². The Morgan fingerprint density at radius 2 is 2.00 bits per heavy atom. The zero-order valence-electron chi connectivity index (χ0n) is 12.4. The highest BCUT2D eigenvalue weighted by molar-refractivity contribution is 6.08. The lowest BCUT2D eigenvalue weighted by Crippen LogP contribution is -2.32. The molecule has 0 fully saturated rings. The van der Waals surface area contributed by atoms with Crippen LogP contribution in [0.1, 0.15) is 44.7 Å². The van der Waals surface area contributed by atoms with E-state index >= 15 is 0 Å². The van der Waals surface area contributed by atoms with Crippen LogP contribution < -0.4 is 0 Å². The molecule has 1 aliphatic heterocycles. The maximum absolute atomic E-state index is 12.3. The Balaban J connectivity index is 2.45. The normalized spacial score (nSPS) is 18.5. The minimum absolute atomic E-state index is 0.193. The summed E-state index contributed by atoms with van der Waals surface area (Å²) >= 11 is 0. The molecule has 0 radical (unpaired) electrons. The van der Waals surface area contributed by atoms with E-state index in [1.54, 1.807) is 36.4 Å². The number of rotatable bonds is 6. The molecule has 1 aromatic heterocycles. The maximum Gasteiger partial charge on any atom is 0.290 e. The molecule has 1 atom stereocenters. The number of Topliss-reactive ketones (excluding diaryl/α,β-unsaturated/α-hetero) is 1. The van der Waals surface area contributed by atoms with Crippen LogP contribution in [0.15, 0.2) is 35.9 Å². The van der Waals surface area contributed by atoms with Gasteiger partial charge in [0.2, 0.25) is 0 Å². The SMILES string of the molecule is CCCCN1C(=O)C(O)=C(C(=O)CC)C1c1ccncc1. The third-order valence-corrected chi connectivity index (χ3v) is 3.70. The Morgan fingerprint density at radius 3 is 2.57 bits per heavy atom. The highest BCUT2D eigenvalue weighted by Gasteiger charge is 2.42. The molecule has 1 amide bonds. The van der Waals surface area contributed by atoms with Gasteiger partial charge in [0.25, 0.3) is 5.91 Å². The van der Waals surface area contributed by atoms with Crippen molar-refractivity contribution in [2.75, 3.05) is 6.54 Å². The highest BCUT2D eigenvalue weighted by Crippen LogP contribution is 2.37. The third-order valence-electron chi connectivity index (χ3n) is 3.70. The van der Waals surface area contributed by atoms with Crippen LogP contribution >= 0.6 is 0 Å². The molecular formula is C16H20N2O3. The van der Waals surface area contributed by atoms with Gasteiger partial charge in [-0.25, -0.2) is 0 Å². The van der Waals surface area contributed by atoms with Gasteiger partial charge in [-0.1, -0.05) is 20.3 Å². The van der Waals surface area contributed by atoms with Gasteiger partial charge in [0.05, 0.1) is 11.6 Å². The molecule has 2 heterocycles. The second-order valence-electron chi connectivity index (χ2n) is 5.07. The van der Waals surface area contributed by atoms with Crippen LogP contribution in [0.4, 0.5) is 0 Å². The monoisotopic (exact) mass is 288 g/mol. The summed E-state index contributed by atoms with van der Waals surface area (Å²) in [6.45, 7) is 4.28. The van der Waals surface area contributed by atoms with E-state index in [-0.39, 0.29) is 17.8 Å². The molecule has 1 unspecified atom stereocenters. The summed E-state index contributed by atoms with van der Waals surface area (Å²) in [5.74, 6) is -1.05. The van der Waals surface area contributed by atoms with Gasteiger partial charge in [0, 0.05) is 25.4 Å². The Morgan fingerprint density at radius 1 is 1.33 bits per heavy atom. The van der Waals surface area contributed by atoms with E-state index < -0.39 is 17.7 Å². The van der Waals surface area contributed by atoms with Crippen LogP contribution in [0.5, 0.6) is 0 Å². The molecule has 0 aliphatic carbocycles. The number of amides is 1. The first-order chi connectivity index (χ1) is 10.1. The fourth-order valence-electron chi connectivity index (χ4n) is 2.58. The predicted molar refractivity (Wildman–Crippen MR) is 78.6 cm³/mol. The quantitative estimate of drug-likeness (QED) is 0.873. The molecule has 0 bridgehead atoms. The van der Waals surface area contributed by atoms with E-state index in [1.807, 2.05) is 6.92 Å². The predicted octanol–water partition coefficient (Wildman–Crippen LogP) is 2.56. The number of carbonyl (C=O) groups excluding carboxylic acids is 2. The van der Waals surface area contributed by atoms with Gasteiger partial charge in [0.15, 0.2) is 11.5 Å². The van der Waals surface area contributed by atoms with Gasteiger partial charge in [-0.15, -0.1) is 0 Å². The number of ketones is 1. The average molecular weight is 288 g/mol. The minimum atomic E-state index is -0.500. The number of aliphatic hydroxyl groups is 1. The summed E-state index contributed by atoms with van der Waals surface area (Å²) in [6, 6.07) is 3.05. The number of aromatic nitrogens is 1. The van der Waals surface area contributed by atoms with Gasteiger partial charge < -0.3 is 10.0 Å². The lowest BCUT2D eigenvalue weighted by atomic mass is 9.96. The lowest BCUT2D eigenvalue weighted by molar-refractivity contribution is -0.129. The van der Waals surface area contributed by atoms with Crippen molar-refractivity contribution >= 4 is 11.7 Å². The van der Waals surface area contributed by atoms with Crippen LogP contribution in [-0.4, -0.2) is 33.2 Å².